The monoisotopic (exact) mass is 202 g/mol. The van der Waals surface area contributed by atoms with Crippen LogP contribution in [0.1, 0.15) is 12.5 Å². The van der Waals surface area contributed by atoms with Crippen LogP contribution in [-0.2, 0) is 22.0 Å². The number of aromatic nitrogens is 2. The SMILES string of the molecule is CC(=O)OCCn1cc(CCl)cn1. The second-order valence-corrected chi connectivity index (χ2v) is 2.85. The molecular weight excluding hydrogens is 192 g/mol. The van der Waals surface area contributed by atoms with Crippen LogP contribution in [0, 0.1) is 0 Å². The molecule has 0 bridgehead atoms. The Hall–Kier alpha value is -1.03. The van der Waals surface area contributed by atoms with Crippen LogP contribution in [0.5, 0.6) is 0 Å². The van der Waals surface area contributed by atoms with Crippen LogP contribution in [-0.4, -0.2) is 22.4 Å². The van der Waals surface area contributed by atoms with Crippen LogP contribution in [0.15, 0.2) is 12.4 Å². The van der Waals surface area contributed by atoms with Gasteiger partial charge >= 0.3 is 5.97 Å². The first-order chi connectivity index (χ1) is 6.22. The lowest BCUT2D eigenvalue weighted by Gasteiger charge is -2.01. The fourth-order valence-corrected chi connectivity index (χ4v) is 1.02. The zero-order valence-electron chi connectivity index (χ0n) is 7.36. The maximum absolute atomic E-state index is 10.4. The van der Waals surface area contributed by atoms with Crippen LogP contribution in [0.25, 0.3) is 0 Å². The van der Waals surface area contributed by atoms with E-state index in [2.05, 4.69) is 5.10 Å². The Kier molecular flexibility index (Phi) is 3.76. The minimum atomic E-state index is -0.273. The molecule has 0 atom stereocenters. The van der Waals surface area contributed by atoms with Crippen LogP contribution in [0.2, 0.25) is 0 Å². The van der Waals surface area contributed by atoms with Crippen molar-refractivity contribution < 1.29 is 9.53 Å². The summed E-state index contributed by atoms with van der Waals surface area (Å²) < 4.78 is 6.45. The quantitative estimate of drug-likeness (QED) is 0.544. The molecule has 0 aliphatic heterocycles. The molecule has 72 valence electrons. The van der Waals surface area contributed by atoms with Crippen molar-refractivity contribution in [1.82, 2.24) is 9.78 Å². The average Bonchev–Trinajstić information content (AvgIpc) is 2.52. The van der Waals surface area contributed by atoms with Crippen molar-refractivity contribution in [3.8, 4) is 0 Å². The van der Waals surface area contributed by atoms with Gasteiger partial charge in [-0.3, -0.25) is 9.48 Å². The number of nitrogens with zero attached hydrogens (tertiary/aromatic N) is 2. The number of halogens is 1. The number of hydrogen-bond donors (Lipinski definition) is 0. The molecule has 5 heteroatoms. The topological polar surface area (TPSA) is 44.1 Å². The summed E-state index contributed by atoms with van der Waals surface area (Å²) >= 11 is 5.59. The summed E-state index contributed by atoms with van der Waals surface area (Å²) in [4.78, 5) is 10.4. The molecule has 1 rings (SSSR count). The van der Waals surface area contributed by atoms with E-state index in [4.69, 9.17) is 16.3 Å². The van der Waals surface area contributed by atoms with Crippen molar-refractivity contribution in [2.75, 3.05) is 6.61 Å². The molecule has 0 saturated carbocycles. The molecule has 0 aromatic carbocycles. The van der Waals surface area contributed by atoms with Crippen molar-refractivity contribution >= 4 is 17.6 Å². The largest absolute Gasteiger partial charge is 0.464 e. The van der Waals surface area contributed by atoms with Crippen LogP contribution in [0.3, 0.4) is 0 Å². The first-order valence-corrected chi connectivity index (χ1v) is 4.46. The maximum atomic E-state index is 10.4. The third kappa shape index (κ3) is 3.46. The Bertz CT molecular complexity index is 285. The molecule has 1 heterocycles. The molecule has 13 heavy (non-hydrogen) atoms. The fourth-order valence-electron chi connectivity index (χ4n) is 0.881. The number of alkyl halides is 1. The number of ether oxygens (including phenoxy) is 1. The predicted octanol–water partition coefficient (Wildman–Crippen LogP) is 1.19. The number of rotatable bonds is 4. The number of hydrogen-bond acceptors (Lipinski definition) is 3. The van der Waals surface area contributed by atoms with Gasteiger partial charge in [0.1, 0.15) is 6.61 Å². The summed E-state index contributed by atoms with van der Waals surface area (Å²) in [6, 6.07) is 0. The molecule has 0 spiro atoms. The first kappa shape index (κ1) is 10.1. The minimum Gasteiger partial charge on any atom is -0.464 e. The number of esters is 1. The Labute approximate surface area is 81.4 Å². The second kappa shape index (κ2) is 4.87. The van der Waals surface area contributed by atoms with Crippen molar-refractivity contribution in [2.45, 2.75) is 19.3 Å². The van der Waals surface area contributed by atoms with Gasteiger partial charge in [-0.25, -0.2) is 0 Å². The van der Waals surface area contributed by atoms with E-state index >= 15 is 0 Å². The normalized spacial score (nSPS) is 10.0. The predicted molar refractivity (Wildman–Crippen MR) is 48.4 cm³/mol. The Balaban J connectivity index is 2.32. The van der Waals surface area contributed by atoms with Gasteiger partial charge in [0, 0.05) is 18.7 Å². The van der Waals surface area contributed by atoms with E-state index in [-0.39, 0.29) is 5.97 Å². The molecule has 0 fully saturated rings. The van der Waals surface area contributed by atoms with E-state index in [9.17, 15) is 4.79 Å². The van der Waals surface area contributed by atoms with Gasteiger partial charge in [0.05, 0.1) is 18.6 Å². The first-order valence-electron chi connectivity index (χ1n) is 3.93. The molecule has 0 N–H and O–H groups in total. The molecule has 0 unspecified atom stereocenters. The Morgan fingerprint density at radius 2 is 2.54 bits per heavy atom. The Morgan fingerprint density at radius 1 is 1.77 bits per heavy atom. The maximum Gasteiger partial charge on any atom is 0.302 e. The lowest BCUT2D eigenvalue weighted by atomic mass is 10.4. The van der Waals surface area contributed by atoms with Gasteiger partial charge in [-0.15, -0.1) is 11.6 Å². The second-order valence-electron chi connectivity index (χ2n) is 2.59. The van der Waals surface area contributed by atoms with Crippen molar-refractivity contribution in [3.05, 3.63) is 18.0 Å². The zero-order valence-corrected chi connectivity index (χ0v) is 8.12. The van der Waals surface area contributed by atoms with Crippen LogP contribution >= 0.6 is 11.6 Å². The van der Waals surface area contributed by atoms with Gasteiger partial charge in [-0.1, -0.05) is 0 Å². The summed E-state index contributed by atoms with van der Waals surface area (Å²) in [5.41, 5.74) is 0.962. The summed E-state index contributed by atoms with van der Waals surface area (Å²) in [5.74, 6) is 0.179. The third-order valence-corrected chi connectivity index (χ3v) is 1.78. The van der Waals surface area contributed by atoms with Crippen LogP contribution in [0.4, 0.5) is 0 Å². The molecule has 1 aromatic heterocycles. The van der Waals surface area contributed by atoms with Crippen molar-refractivity contribution in [1.29, 1.82) is 0 Å². The molecule has 0 saturated heterocycles. The fraction of sp³-hybridized carbons (Fsp3) is 0.500. The summed E-state index contributed by atoms with van der Waals surface area (Å²) in [5, 5.41) is 4.02. The van der Waals surface area contributed by atoms with Gasteiger partial charge in [0.15, 0.2) is 0 Å². The summed E-state index contributed by atoms with van der Waals surface area (Å²) in [6.45, 7) is 2.29. The van der Waals surface area contributed by atoms with Gasteiger partial charge in [0.25, 0.3) is 0 Å². The Morgan fingerprint density at radius 3 is 3.08 bits per heavy atom. The lowest BCUT2D eigenvalue weighted by Crippen LogP contribution is -2.08. The highest BCUT2D eigenvalue weighted by atomic mass is 35.5. The van der Waals surface area contributed by atoms with Gasteiger partial charge < -0.3 is 4.74 Å². The average molecular weight is 203 g/mol. The zero-order chi connectivity index (χ0) is 9.68. The van der Waals surface area contributed by atoms with E-state index < -0.39 is 0 Å². The third-order valence-electron chi connectivity index (χ3n) is 1.47. The highest BCUT2D eigenvalue weighted by Crippen LogP contribution is 2.00. The molecule has 0 aliphatic rings. The molecule has 4 nitrogen and oxygen atoms in total. The van der Waals surface area contributed by atoms with E-state index in [0.717, 1.165) is 5.56 Å². The summed E-state index contributed by atoms with van der Waals surface area (Å²) in [7, 11) is 0. The molecule has 0 radical (unpaired) electrons. The standard InChI is InChI=1S/C8H11ClN2O2/c1-7(12)13-3-2-11-6-8(4-9)5-10-11/h5-6H,2-4H2,1H3. The molecule has 1 aromatic rings. The molecule has 0 aliphatic carbocycles. The van der Waals surface area contributed by atoms with E-state index in [1.165, 1.54) is 6.92 Å². The molecular formula is C8H11ClN2O2. The van der Waals surface area contributed by atoms with E-state index in [1.807, 2.05) is 6.20 Å². The number of carbonyl (C=O) groups excluding carboxylic acids is 1. The smallest absolute Gasteiger partial charge is 0.302 e. The van der Waals surface area contributed by atoms with Crippen molar-refractivity contribution in [2.24, 2.45) is 0 Å². The minimum absolute atomic E-state index is 0.273. The van der Waals surface area contributed by atoms with E-state index in [0.29, 0.717) is 19.0 Å². The highest BCUT2D eigenvalue weighted by molar-refractivity contribution is 6.17. The van der Waals surface area contributed by atoms with Gasteiger partial charge in [-0.05, 0) is 0 Å². The molecule has 0 amide bonds. The van der Waals surface area contributed by atoms with Crippen molar-refractivity contribution in [3.63, 3.8) is 0 Å². The van der Waals surface area contributed by atoms with Crippen LogP contribution < -0.4 is 0 Å². The van der Waals surface area contributed by atoms with Gasteiger partial charge in [-0.2, -0.15) is 5.10 Å². The lowest BCUT2D eigenvalue weighted by molar-refractivity contribution is -0.141. The summed E-state index contributed by atoms with van der Waals surface area (Å²) in [6.07, 6.45) is 3.53. The highest BCUT2D eigenvalue weighted by Gasteiger charge is 1.97. The van der Waals surface area contributed by atoms with Gasteiger partial charge in [0.2, 0.25) is 0 Å². The number of carbonyl (C=O) groups is 1. The van der Waals surface area contributed by atoms with E-state index in [1.54, 1.807) is 10.9 Å².